The Morgan fingerprint density at radius 3 is 0.643 bits per heavy atom. The van der Waals surface area contributed by atoms with Gasteiger partial charge in [0.1, 0.15) is 0 Å². The summed E-state index contributed by atoms with van der Waals surface area (Å²) < 4.78 is 0. The van der Waals surface area contributed by atoms with E-state index in [1.54, 1.807) is 0 Å². The first kappa shape index (κ1) is 55.4. The van der Waals surface area contributed by atoms with E-state index in [0.717, 1.165) is 160 Å². The average Bonchev–Trinajstić information content (AvgIpc) is 3.39. The Kier molecular flexibility index (Phi) is 20.2. The molecule has 0 aliphatic carbocycles. The molecule has 382 valence electrons. The topological polar surface area (TPSA) is 107 Å². The summed E-state index contributed by atoms with van der Waals surface area (Å²) in [5.41, 5.74) is 26.2. The van der Waals surface area contributed by atoms with E-state index in [-0.39, 0.29) is 22.2 Å². The van der Waals surface area contributed by atoms with Gasteiger partial charge in [-0.2, -0.15) is 0 Å². The van der Waals surface area contributed by atoms with Gasteiger partial charge in [-0.25, -0.2) is 0 Å². The minimum absolute atomic E-state index is 0.0618. The first-order valence-electron chi connectivity index (χ1n) is 27.6. The van der Waals surface area contributed by atoms with Gasteiger partial charge in [0.25, 0.3) is 0 Å². The van der Waals surface area contributed by atoms with Crippen LogP contribution in [-0.2, 0) is 0 Å². The van der Waals surface area contributed by atoms with E-state index in [2.05, 4.69) is 223 Å². The van der Waals surface area contributed by atoms with Crippen molar-refractivity contribution in [2.75, 3.05) is 42.5 Å². The van der Waals surface area contributed by atoms with Gasteiger partial charge in [0, 0.05) is 67.7 Å². The molecule has 0 spiro atoms. The molecule has 0 fully saturated rings. The van der Waals surface area contributed by atoms with Gasteiger partial charge in [0.2, 0.25) is 0 Å². The molecule has 5 aromatic rings. The third-order valence-corrected chi connectivity index (χ3v) is 16.2. The minimum Gasteiger partial charge on any atom is -0.395 e. The second-order valence-corrected chi connectivity index (χ2v) is 20.2. The summed E-state index contributed by atoms with van der Waals surface area (Å²) in [6, 6.07) is 39.6. The lowest BCUT2D eigenvalue weighted by molar-refractivity contribution is 0.399. The number of nitrogens with two attached hydrogens (primary N) is 2. The van der Waals surface area contributed by atoms with Crippen LogP contribution in [0.15, 0.2) is 109 Å². The van der Waals surface area contributed by atoms with Crippen molar-refractivity contribution in [3.05, 3.63) is 109 Å². The Bertz CT molecular complexity index is 1990. The van der Waals surface area contributed by atoms with Gasteiger partial charge in [-0.05, 0) is 186 Å². The van der Waals surface area contributed by atoms with Gasteiger partial charge < -0.3 is 42.5 Å². The van der Waals surface area contributed by atoms with Crippen molar-refractivity contribution in [3.63, 3.8) is 0 Å². The highest BCUT2D eigenvalue weighted by atomic mass is 15.2. The van der Waals surface area contributed by atoms with Crippen LogP contribution in [0.3, 0.4) is 0 Å². The van der Waals surface area contributed by atoms with Crippen molar-refractivity contribution in [1.82, 2.24) is 0 Å². The van der Waals surface area contributed by atoms with E-state index in [9.17, 15) is 0 Å². The third-order valence-electron chi connectivity index (χ3n) is 16.2. The molecule has 0 amide bonds. The van der Waals surface area contributed by atoms with Crippen molar-refractivity contribution in [2.24, 2.45) is 0 Å². The lowest BCUT2D eigenvalue weighted by atomic mass is 9.87. The summed E-state index contributed by atoms with van der Waals surface area (Å²) in [5.74, 6) is 0. The van der Waals surface area contributed by atoms with E-state index in [4.69, 9.17) is 11.5 Å². The number of nitrogen functional groups attached to an aromatic ring is 2. The maximum Gasteiger partial charge on any atom is 0.0814 e. The second-order valence-electron chi connectivity index (χ2n) is 20.2. The van der Waals surface area contributed by atoms with Crippen LogP contribution in [0.4, 0.5) is 68.2 Å². The Morgan fingerprint density at radius 2 is 0.486 bits per heavy atom. The van der Waals surface area contributed by atoms with Crippen LogP contribution in [0.5, 0.6) is 0 Å². The maximum absolute atomic E-state index is 7.39. The van der Waals surface area contributed by atoms with Crippen LogP contribution >= 0.6 is 0 Å². The maximum atomic E-state index is 7.39. The lowest BCUT2D eigenvalue weighted by Crippen LogP contribution is -2.36. The molecule has 0 heterocycles. The minimum atomic E-state index is 0.0618. The number of rotatable bonds is 30. The smallest absolute Gasteiger partial charge is 0.0814 e. The Hall–Kier alpha value is -5.50. The van der Waals surface area contributed by atoms with Crippen LogP contribution in [0.1, 0.15) is 186 Å². The molecule has 0 saturated heterocycles. The van der Waals surface area contributed by atoms with Gasteiger partial charge in [-0.3, -0.25) is 0 Å². The van der Waals surface area contributed by atoms with E-state index in [1.807, 2.05) is 0 Å². The van der Waals surface area contributed by atoms with Gasteiger partial charge in [0.05, 0.1) is 22.7 Å². The number of benzene rings is 5. The van der Waals surface area contributed by atoms with Gasteiger partial charge >= 0.3 is 0 Å². The summed E-state index contributed by atoms with van der Waals surface area (Å²) in [4.78, 5) is 4.50. The first-order chi connectivity index (χ1) is 33.8. The Balaban J connectivity index is 1.65. The van der Waals surface area contributed by atoms with Gasteiger partial charge in [-0.1, -0.05) is 109 Å². The van der Waals surface area contributed by atoms with E-state index >= 15 is 0 Å². The van der Waals surface area contributed by atoms with Gasteiger partial charge in [-0.15, -0.1) is 0 Å². The standard InChI is InChI=1S/C62H94N8/c1-13-43-59(17-5,18-6)65-47-25-33-51(34-26-47)69(52-35-27-48(28-36-52)66-60(19-7,20-8)44-14-2)55-41-42-56(58(64)57(55)63)70(53-37-29-49(30-38-53)67-61(21-9,22-10)45-15-3)54-39-31-50(32-40-54)68-62(23-11,24-12)46-16-4/h25-42,65-68H,13-24,43-46,63-64H2,1-12H3. The quantitative estimate of drug-likeness (QED) is 0.0253. The molecule has 0 atom stereocenters. The monoisotopic (exact) mass is 951 g/mol. The molecule has 0 saturated carbocycles. The molecule has 0 bridgehead atoms. The van der Waals surface area contributed by atoms with E-state index in [1.165, 1.54) is 0 Å². The normalized spacial score (nSPS) is 12.2. The molecule has 8 N–H and O–H groups in total. The molecule has 8 nitrogen and oxygen atoms in total. The summed E-state index contributed by atoms with van der Waals surface area (Å²) in [5, 5.41) is 15.7. The Morgan fingerprint density at radius 1 is 0.300 bits per heavy atom. The van der Waals surface area contributed by atoms with E-state index < -0.39 is 0 Å². The fourth-order valence-electron chi connectivity index (χ4n) is 11.1. The first-order valence-corrected chi connectivity index (χ1v) is 27.6. The summed E-state index contributed by atoms with van der Waals surface area (Å²) in [6.45, 7) is 27.4. The predicted molar refractivity (Wildman–Crippen MR) is 312 cm³/mol. The van der Waals surface area contributed by atoms with Crippen LogP contribution in [0.2, 0.25) is 0 Å². The molecule has 8 heteroatoms. The van der Waals surface area contributed by atoms with Crippen LogP contribution in [0.25, 0.3) is 0 Å². The van der Waals surface area contributed by atoms with E-state index in [0.29, 0.717) is 11.4 Å². The molecular formula is C62H94N8. The summed E-state index contributed by atoms with van der Waals surface area (Å²) in [6.07, 6.45) is 17.6. The van der Waals surface area contributed by atoms with Crippen LogP contribution in [0, 0.1) is 0 Å². The van der Waals surface area contributed by atoms with Crippen molar-refractivity contribution in [1.29, 1.82) is 0 Å². The summed E-state index contributed by atoms with van der Waals surface area (Å²) >= 11 is 0. The number of hydrogen-bond acceptors (Lipinski definition) is 8. The number of anilines is 12. The average molecular weight is 951 g/mol. The Labute approximate surface area is 426 Å². The van der Waals surface area contributed by atoms with Crippen molar-refractivity contribution < 1.29 is 0 Å². The predicted octanol–water partition coefficient (Wildman–Crippen LogP) is 18.9. The zero-order valence-corrected chi connectivity index (χ0v) is 45.8. The van der Waals surface area contributed by atoms with Crippen LogP contribution < -0.4 is 42.5 Å². The highest BCUT2D eigenvalue weighted by molar-refractivity contribution is 5.97. The SMILES string of the molecule is CCCC(CC)(CC)Nc1ccc(N(c2ccc(NC(CC)(CC)CCC)cc2)c2ccc(N(c3ccc(NC(CC)(CC)CCC)cc3)c3ccc(NC(CC)(CC)CCC)cc3)c(N)c2N)cc1. The zero-order valence-electron chi connectivity index (χ0n) is 45.8. The van der Waals surface area contributed by atoms with Crippen molar-refractivity contribution >= 4 is 68.2 Å². The molecule has 0 radical (unpaired) electrons. The zero-order chi connectivity index (χ0) is 51.0. The lowest BCUT2D eigenvalue weighted by Gasteiger charge is -2.35. The molecule has 70 heavy (non-hydrogen) atoms. The van der Waals surface area contributed by atoms with Crippen molar-refractivity contribution in [3.8, 4) is 0 Å². The fraction of sp³-hybridized carbons (Fsp3) is 0.516. The van der Waals surface area contributed by atoms with Gasteiger partial charge in [0.15, 0.2) is 0 Å². The number of nitrogens with zero attached hydrogens (tertiary/aromatic N) is 2. The molecular weight excluding hydrogens is 857 g/mol. The molecule has 0 aliphatic rings. The fourth-order valence-corrected chi connectivity index (χ4v) is 11.1. The highest BCUT2D eigenvalue weighted by Crippen LogP contribution is 2.48. The third kappa shape index (κ3) is 12.9. The number of hydrogen-bond donors (Lipinski definition) is 6. The highest BCUT2D eigenvalue weighted by Gasteiger charge is 2.29. The second kappa shape index (κ2) is 25.6. The van der Waals surface area contributed by atoms with Crippen molar-refractivity contribution in [2.45, 2.75) is 208 Å². The molecule has 0 aromatic heterocycles. The molecule has 0 unspecified atom stereocenters. The number of nitrogens with one attached hydrogen (secondary N) is 4. The molecule has 5 rings (SSSR count). The van der Waals surface area contributed by atoms with Crippen LogP contribution in [-0.4, -0.2) is 22.2 Å². The molecule has 0 aliphatic heterocycles. The molecule has 5 aromatic carbocycles. The summed E-state index contributed by atoms with van der Waals surface area (Å²) in [7, 11) is 0. The largest absolute Gasteiger partial charge is 0.395 e.